The number of unbranched alkanes of at least 4 members (excludes halogenated alkanes) is 1. The number of carbonyl (C=O) groups is 3. The third-order valence-corrected chi connectivity index (χ3v) is 18.1. The molecule has 1 aliphatic rings. The van der Waals surface area contributed by atoms with Crippen LogP contribution in [0.25, 0.3) is 22.0 Å². The van der Waals surface area contributed by atoms with E-state index in [1.807, 2.05) is 75.4 Å². The minimum Gasteiger partial charge on any atom is -0.506 e. The molecule has 1 heterocycles. The van der Waals surface area contributed by atoms with Gasteiger partial charge in [-0.15, -0.1) is 0 Å². The van der Waals surface area contributed by atoms with Crippen molar-refractivity contribution in [3.8, 4) is 22.6 Å². The SMILES string of the molecule is COc1cc(C(=O)NCCCCc2ccc(-c3ccccc3)c(N(C(=O)O)[C@H]3CC[C@H](NC(=O)OC(C)(C)C)CC3)c2)c(Cl)cc1CNC[C@H](O[Si](C)(C)C(C)(C)C)c1ccc(O)c2[nH]c(=O)ccc12. The lowest BCUT2D eigenvalue weighted by Crippen LogP contribution is -2.47. The van der Waals surface area contributed by atoms with Crippen molar-refractivity contribution >= 4 is 54.6 Å². The number of carbonyl (C=O) groups excluding carboxylic acids is 2. The topological polar surface area (TPSA) is 192 Å². The molecule has 16 heteroatoms. The van der Waals surface area contributed by atoms with Gasteiger partial charge in [-0.05, 0) is 131 Å². The number of benzene rings is 4. The van der Waals surface area contributed by atoms with Gasteiger partial charge in [0.25, 0.3) is 5.91 Å². The van der Waals surface area contributed by atoms with Gasteiger partial charge in [-0.1, -0.05) is 80.9 Å². The number of halogens is 1. The molecule has 6 N–H and O–H groups in total. The van der Waals surface area contributed by atoms with Crippen LogP contribution in [0.3, 0.4) is 0 Å². The van der Waals surface area contributed by atoms with Crippen molar-refractivity contribution in [3.05, 3.63) is 123 Å². The Kier molecular flexibility index (Phi) is 17.5. The molecule has 6 rings (SSSR count). The zero-order valence-corrected chi connectivity index (χ0v) is 43.7. The maximum absolute atomic E-state index is 13.5. The normalized spacial score (nSPS) is 15.8. The predicted molar refractivity (Wildman–Crippen MR) is 280 cm³/mol. The van der Waals surface area contributed by atoms with E-state index < -0.39 is 32.2 Å². The molecule has 1 aromatic heterocycles. The standard InChI is InChI=1S/C54H70ClN5O9Si/c1-53(2,3)68-51(64)58-37-19-21-38(22-20-37)60(52(65)66)44-29-34(18-23-39(44)35-16-11-10-12-17-35)15-13-14-28-57-50(63)42-31-46(67-7)36(30-43(42)55)32-56-33-47(69-70(8,9)54(4,5)6)40-24-26-45(61)49-41(40)25-27-48(62)59-49/h10-12,16-18,23-27,29-31,37-38,47,56,61H,13-15,19-22,28,32-33H2,1-9H3,(H,57,63)(H,58,64)(H,59,62)(H,65,66)/t37-,38-,47-/m0/s1. The number of aromatic nitrogens is 1. The summed E-state index contributed by atoms with van der Waals surface area (Å²) in [4.78, 5) is 55.5. The average Bonchev–Trinajstić information content (AvgIpc) is 3.28. The molecule has 5 aromatic rings. The predicted octanol–water partition coefficient (Wildman–Crippen LogP) is 11.5. The summed E-state index contributed by atoms with van der Waals surface area (Å²) in [6.45, 7) is 17.5. The number of phenols is 1. The number of pyridine rings is 1. The lowest BCUT2D eigenvalue weighted by atomic mass is 9.89. The minimum atomic E-state index is -2.31. The Morgan fingerprint density at radius 3 is 2.29 bits per heavy atom. The van der Waals surface area contributed by atoms with E-state index in [-0.39, 0.29) is 44.9 Å². The van der Waals surface area contributed by atoms with Crippen molar-refractivity contribution < 1.29 is 38.5 Å². The Hall–Kier alpha value is -5.87. The molecule has 4 aromatic carbocycles. The number of anilines is 1. The number of aromatic amines is 1. The van der Waals surface area contributed by atoms with Gasteiger partial charge in [0.15, 0.2) is 8.32 Å². The number of aryl methyl sites for hydroxylation is 1. The van der Waals surface area contributed by atoms with Crippen molar-refractivity contribution in [2.45, 2.75) is 135 Å². The molecule has 0 saturated heterocycles. The first kappa shape index (κ1) is 53.5. The van der Waals surface area contributed by atoms with Gasteiger partial charge in [-0.25, -0.2) is 9.59 Å². The number of alkyl carbamates (subject to hydrolysis) is 1. The highest BCUT2D eigenvalue weighted by molar-refractivity contribution is 6.74. The smallest absolute Gasteiger partial charge is 0.412 e. The third-order valence-electron chi connectivity index (χ3n) is 13.3. The Balaban J connectivity index is 1.08. The largest absolute Gasteiger partial charge is 0.506 e. The Morgan fingerprint density at radius 1 is 0.914 bits per heavy atom. The van der Waals surface area contributed by atoms with Crippen LogP contribution in [0.4, 0.5) is 15.3 Å². The van der Waals surface area contributed by atoms with E-state index in [1.54, 1.807) is 31.4 Å². The molecule has 1 aliphatic carbocycles. The molecule has 3 amide bonds. The number of aromatic hydroxyl groups is 1. The van der Waals surface area contributed by atoms with Crippen LogP contribution in [0.5, 0.6) is 11.5 Å². The van der Waals surface area contributed by atoms with Crippen molar-refractivity contribution in [1.29, 1.82) is 0 Å². The minimum absolute atomic E-state index is 0.0210. The molecule has 0 bridgehead atoms. The monoisotopic (exact) mass is 995 g/mol. The molecule has 0 spiro atoms. The van der Waals surface area contributed by atoms with Crippen molar-refractivity contribution in [2.75, 3.05) is 25.1 Å². The fourth-order valence-electron chi connectivity index (χ4n) is 8.68. The van der Waals surface area contributed by atoms with Gasteiger partial charge in [-0.2, -0.15) is 0 Å². The summed E-state index contributed by atoms with van der Waals surface area (Å²) < 4.78 is 18.2. The zero-order chi connectivity index (χ0) is 51.0. The van der Waals surface area contributed by atoms with Crippen LogP contribution < -0.4 is 31.1 Å². The zero-order valence-electron chi connectivity index (χ0n) is 42.0. The van der Waals surface area contributed by atoms with Crippen molar-refractivity contribution in [2.24, 2.45) is 0 Å². The van der Waals surface area contributed by atoms with E-state index in [2.05, 4.69) is 54.8 Å². The van der Waals surface area contributed by atoms with Gasteiger partial charge in [-0.3, -0.25) is 14.5 Å². The molecule has 0 unspecified atom stereocenters. The Bertz CT molecular complexity index is 2690. The number of ether oxygens (including phenoxy) is 2. The maximum Gasteiger partial charge on any atom is 0.412 e. The molecular formula is C54H70ClN5O9Si. The fourth-order valence-corrected chi connectivity index (χ4v) is 10.2. The first-order chi connectivity index (χ1) is 33.0. The fraction of sp³-hybridized carbons (Fsp3) is 0.444. The Morgan fingerprint density at radius 2 is 1.63 bits per heavy atom. The molecule has 14 nitrogen and oxygen atoms in total. The maximum atomic E-state index is 13.5. The number of fused-ring (bicyclic) bond motifs is 1. The van der Waals surface area contributed by atoms with Crippen LogP contribution in [0.15, 0.2) is 89.7 Å². The van der Waals surface area contributed by atoms with Crippen molar-refractivity contribution in [3.63, 3.8) is 0 Å². The second-order valence-electron chi connectivity index (χ2n) is 20.7. The van der Waals surface area contributed by atoms with E-state index in [0.717, 1.165) is 34.2 Å². The number of hydrogen-bond acceptors (Lipinski definition) is 9. The van der Waals surface area contributed by atoms with Crippen molar-refractivity contribution in [1.82, 2.24) is 20.9 Å². The van der Waals surface area contributed by atoms with Crippen LogP contribution in [0.1, 0.15) is 113 Å². The van der Waals surface area contributed by atoms with Crippen LogP contribution in [0.2, 0.25) is 23.2 Å². The molecule has 70 heavy (non-hydrogen) atoms. The highest BCUT2D eigenvalue weighted by atomic mass is 35.5. The van der Waals surface area contributed by atoms with Gasteiger partial charge in [0.05, 0.1) is 35.0 Å². The van der Waals surface area contributed by atoms with E-state index in [1.165, 1.54) is 11.0 Å². The highest BCUT2D eigenvalue weighted by Crippen LogP contribution is 2.42. The van der Waals surface area contributed by atoms with Gasteiger partial charge in [0.2, 0.25) is 5.56 Å². The lowest BCUT2D eigenvalue weighted by Gasteiger charge is -2.39. The number of amides is 3. The summed E-state index contributed by atoms with van der Waals surface area (Å²) in [7, 11) is -0.764. The molecule has 0 radical (unpaired) electrons. The Labute approximate surface area is 417 Å². The molecule has 1 atom stereocenters. The molecule has 1 saturated carbocycles. The summed E-state index contributed by atoms with van der Waals surface area (Å²) in [5, 5.41) is 31.6. The lowest BCUT2D eigenvalue weighted by molar-refractivity contribution is 0.0490. The van der Waals surface area contributed by atoms with E-state index in [9.17, 15) is 29.4 Å². The first-order valence-electron chi connectivity index (χ1n) is 24.1. The first-order valence-corrected chi connectivity index (χ1v) is 27.4. The number of methoxy groups -OCH3 is 1. The number of nitrogens with zero attached hydrogens (tertiary/aromatic N) is 1. The van der Waals surface area contributed by atoms with E-state index >= 15 is 0 Å². The average molecular weight is 997 g/mol. The van der Waals surface area contributed by atoms with E-state index in [0.29, 0.717) is 80.5 Å². The summed E-state index contributed by atoms with van der Waals surface area (Å²) in [5.41, 5.74) is 4.64. The van der Waals surface area contributed by atoms with Gasteiger partial charge < -0.3 is 45.0 Å². The van der Waals surface area contributed by atoms with Crippen LogP contribution in [-0.4, -0.2) is 79.5 Å². The summed E-state index contributed by atoms with van der Waals surface area (Å²) in [6.07, 6.45) is 2.56. The molecule has 1 fully saturated rings. The van der Waals surface area contributed by atoms with Gasteiger partial charge >= 0.3 is 12.2 Å². The number of phenolic OH excluding ortho intramolecular Hbond substituents is 1. The summed E-state index contributed by atoms with van der Waals surface area (Å²) in [6, 6.07) is 25.3. The summed E-state index contributed by atoms with van der Waals surface area (Å²) in [5.74, 6) is 0.144. The quantitative estimate of drug-likeness (QED) is 0.0364. The van der Waals surface area contributed by atoms with Crippen LogP contribution in [-0.2, 0) is 22.1 Å². The summed E-state index contributed by atoms with van der Waals surface area (Å²) >= 11 is 6.78. The number of carboxylic acid groups (broad SMARTS) is 1. The molecule has 376 valence electrons. The molecular weight excluding hydrogens is 926 g/mol. The number of rotatable bonds is 18. The van der Waals surface area contributed by atoms with Gasteiger partial charge in [0, 0.05) is 54.3 Å². The highest BCUT2D eigenvalue weighted by Gasteiger charge is 2.40. The van der Waals surface area contributed by atoms with Crippen LogP contribution in [0, 0.1) is 0 Å². The second kappa shape index (κ2) is 22.9. The molecule has 0 aliphatic heterocycles. The number of H-pyrrole nitrogens is 1. The third kappa shape index (κ3) is 13.7. The van der Waals surface area contributed by atoms with Gasteiger partial charge in [0.1, 0.15) is 17.1 Å². The van der Waals surface area contributed by atoms with E-state index in [4.69, 9.17) is 25.5 Å². The number of hydrogen-bond donors (Lipinski definition) is 6. The second-order valence-corrected chi connectivity index (χ2v) is 25.8. The van der Waals surface area contributed by atoms with Crippen LogP contribution >= 0.6 is 11.6 Å². The number of nitrogens with one attached hydrogen (secondary N) is 4.